The minimum Gasteiger partial charge on any atom is -0.210 e. The molecule has 0 unspecified atom stereocenters. The van der Waals surface area contributed by atoms with Crippen molar-refractivity contribution >= 4 is 33.0 Å². The molecule has 6 heteroatoms. The van der Waals surface area contributed by atoms with Crippen molar-refractivity contribution in [2.45, 2.75) is 36.8 Å². The molecule has 0 fully saturated rings. The number of thiophene rings is 1. The lowest BCUT2D eigenvalue weighted by Crippen LogP contribution is -2.36. The van der Waals surface area contributed by atoms with E-state index in [1.807, 2.05) is 51.1 Å². The third-order valence-electron chi connectivity index (χ3n) is 3.58. The number of nitrogens with one attached hydrogen (secondary N) is 1. The summed E-state index contributed by atoms with van der Waals surface area (Å²) in [5, 5.41) is 0.672. The van der Waals surface area contributed by atoms with Gasteiger partial charge in [0.25, 0.3) is 0 Å². The normalized spacial score (nSPS) is 12.5. The summed E-state index contributed by atoms with van der Waals surface area (Å²) in [6.07, 6.45) is 0.844. The molecule has 120 valence electrons. The van der Waals surface area contributed by atoms with Crippen LogP contribution in [0.25, 0.3) is 0 Å². The van der Waals surface area contributed by atoms with Crippen molar-refractivity contribution in [1.82, 2.24) is 4.72 Å². The van der Waals surface area contributed by atoms with Gasteiger partial charge in [0.1, 0.15) is 4.21 Å². The van der Waals surface area contributed by atoms with Gasteiger partial charge in [-0.1, -0.05) is 44.5 Å². The number of rotatable bonds is 6. The lowest BCUT2D eigenvalue weighted by atomic mass is 9.85. The molecule has 1 N–H and O–H groups in total. The zero-order valence-electron chi connectivity index (χ0n) is 12.9. The van der Waals surface area contributed by atoms with E-state index in [2.05, 4.69) is 4.72 Å². The molecule has 0 aliphatic carbocycles. The second-order valence-electron chi connectivity index (χ2n) is 5.79. The van der Waals surface area contributed by atoms with Crippen molar-refractivity contribution in [3.05, 3.63) is 51.9 Å². The van der Waals surface area contributed by atoms with Crippen LogP contribution in [0.15, 0.2) is 40.6 Å². The Morgan fingerprint density at radius 3 is 2.32 bits per heavy atom. The average Bonchev–Trinajstić information content (AvgIpc) is 2.96. The molecule has 0 spiro atoms. The van der Waals surface area contributed by atoms with Gasteiger partial charge in [0.15, 0.2) is 0 Å². The maximum absolute atomic E-state index is 12.4. The minimum atomic E-state index is -3.46. The van der Waals surface area contributed by atoms with Gasteiger partial charge in [-0.3, -0.25) is 0 Å². The maximum Gasteiger partial charge on any atom is 0.250 e. The smallest absolute Gasteiger partial charge is 0.210 e. The SMILES string of the molecule is CCc1ccc(S(=O)(=O)NCC(C)(C)c2ccc(Cl)cc2)s1. The predicted octanol–water partition coefficient (Wildman–Crippen LogP) is 4.22. The molecule has 1 heterocycles. The fourth-order valence-electron chi connectivity index (χ4n) is 2.04. The zero-order valence-corrected chi connectivity index (χ0v) is 15.3. The fourth-order valence-corrected chi connectivity index (χ4v) is 4.72. The number of benzene rings is 1. The van der Waals surface area contributed by atoms with Crippen molar-refractivity contribution in [3.8, 4) is 0 Å². The molecule has 0 radical (unpaired) electrons. The number of halogens is 1. The van der Waals surface area contributed by atoms with Gasteiger partial charge in [-0.25, -0.2) is 13.1 Å². The minimum absolute atomic E-state index is 0.317. The molecular weight excluding hydrogens is 338 g/mol. The van der Waals surface area contributed by atoms with E-state index >= 15 is 0 Å². The molecule has 3 nitrogen and oxygen atoms in total. The highest BCUT2D eigenvalue weighted by Gasteiger charge is 2.25. The second-order valence-corrected chi connectivity index (χ2v) is 9.39. The molecule has 0 aliphatic rings. The first-order valence-corrected chi connectivity index (χ1v) is 9.77. The molecule has 0 aliphatic heterocycles. The van der Waals surface area contributed by atoms with Crippen molar-refractivity contribution < 1.29 is 8.42 Å². The van der Waals surface area contributed by atoms with Crippen LogP contribution in [0, 0.1) is 0 Å². The van der Waals surface area contributed by atoms with E-state index in [0.29, 0.717) is 15.8 Å². The van der Waals surface area contributed by atoms with E-state index in [9.17, 15) is 8.42 Å². The van der Waals surface area contributed by atoms with Crippen LogP contribution in [0.2, 0.25) is 5.02 Å². The Morgan fingerprint density at radius 2 is 1.77 bits per heavy atom. The highest BCUT2D eigenvalue weighted by molar-refractivity contribution is 7.91. The molecular formula is C16H20ClNO2S2. The number of hydrogen-bond acceptors (Lipinski definition) is 3. The molecule has 1 aromatic carbocycles. The Morgan fingerprint density at radius 1 is 1.14 bits per heavy atom. The molecule has 2 aromatic rings. The molecule has 0 atom stereocenters. The standard InChI is InChI=1S/C16H20ClNO2S2/c1-4-14-9-10-15(21-14)22(19,20)18-11-16(2,3)12-5-7-13(17)8-6-12/h5-10,18H,4,11H2,1-3H3. The Balaban J connectivity index is 2.11. The van der Waals surface area contributed by atoms with Crippen LogP contribution in [0.1, 0.15) is 31.2 Å². The molecule has 0 bridgehead atoms. The van der Waals surface area contributed by atoms with E-state index in [1.54, 1.807) is 6.07 Å². The topological polar surface area (TPSA) is 46.2 Å². The van der Waals surface area contributed by atoms with Crippen molar-refractivity contribution in [1.29, 1.82) is 0 Å². The van der Waals surface area contributed by atoms with E-state index in [4.69, 9.17) is 11.6 Å². The summed E-state index contributed by atoms with van der Waals surface area (Å²) in [5.41, 5.74) is 0.725. The Kier molecular flexibility index (Phi) is 5.33. The molecule has 0 saturated heterocycles. The highest BCUT2D eigenvalue weighted by Crippen LogP contribution is 2.26. The van der Waals surface area contributed by atoms with Crippen molar-refractivity contribution in [2.75, 3.05) is 6.54 Å². The van der Waals surface area contributed by atoms with Gasteiger partial charge >= 0.3 is 0 Å². The molecule has 0 amide bonds. The summed E-state index contributed by atoms with van der Waals surface area (Å²) in [6, 6.07) is 11.0. The summed E-state index contributed by atoms with van der Waals surface area (Å²) in [6.45, 7) is 6.35. The van der Waals surface area contributed by atoms with Crippen molar-refractivity contribution in [2.24, 2.45) is 0 Å². The first-order valence-electron chi connectivity index (χ1n) is 7.09. The van der Waals surface area contributed by atoms with Gasteiger partial charge in [0.05, 0.1) is 0 Å². The first kappa shape index (κ1) is 17.5. The third-order valence-corrected chi connectivity index (χ3v) is 6.95. The zero-order chi connectivity index (χ0) is 16.4. The summed E-state index contributed by atoms with van der Waals surface area (Å²) in [5.74, 6) is 0. The number of aryl methyl sites for hydroxylation is 1. The summed E-state index contributed by atoms with van der Waals surface area (Å²) in [4.78, 5) is 1.07. The van der Waals surface area contributed by atoms with E-state index in [-0.39, 0.29) is 5.41 Å². The van der Waals surface area contributed by atoms with Gasteiger partial charge in [0.2, 0.25) is 10.0 Å². The number of sulfonamides is 1. The van der Waals surface area contributed by atoms with Crippen molar-refractivity contribution in [3.63, 3.8) is 0 Å². The average molecular weight is 358 g/mol. The number of hydrogen-bond donors (Lipinski definition) is 1. The van der Waals surface area contributed by atoms with Gasteiger partial charge in [-0.2, -0.15) is 0 Å². The Labute approximate surface area is 141 Å². The van der Waals surface area contributed by atoms with Crippen LogP contribution >= 0.6 is 22.9 Å². The first-order chi connectivity index (χ1) is 10.2. The van der Waals surface area contributed by atoms with Gasteiger partial charge in [0, 0.05) is 21.9 Å². The fraction of sp³-hybridized carbons (Fsp3) is 0.375. The summed E-state index contributed by atoms with van der Waals surface area (Å²) >= 11 is 7.22. The lowest BCUT2D eigenvalue weighted by Gasteiger charge is -2.25. The third kappa shape index (κ3) is 4.10. The molecule has 0 saturated carbocycles. The lowest BCUT2D eigenvalue weighted by molar-refractivity contribution is 0.502. The predicted molar refractivity (Wildman–Crippen MR) is 93.4 cm³/mol. The molecule has 2 rings (SSSR count). The van der Waals surface area contributed by atoms with Crippen LogP contribution in [-0.4, -0.2) is 15.0 Å². The van der Waals surface area contributed by atoms with E-state index in [0.717, 1.165) is 16.9 Å². The van der Waals surface area contributed by atoms with E-state index in [1.165, 1.54) is 11.3 Å². The quantitative estimate of drug-likeness (QED) is 0.841. The van der Waals surface area contributed by atoms with Crippen LogP contribution < -0.4 is 4.72 Å². The monoisotopic (exact) mass is 357 g/mol. The van der Waals surface area contributed by atoms with Gasteiger partial charge in [-0.15, -0.1) is 11.3 Å². The molecule has 1 aromatic heterocycles. The largest absolute Gasteiger partial charge is 0.250 e. The Bertz CT molecular complexity index is 734. The van der Waals surface area contributed by atoms with Crippen LogP contribution in [0.5, 0.6) is 0 Å². The van der Waals surface area contributed by atoms with Crippen LogP contribution in [0.4, 0.5) is 0 Å². The summed E-state index contributed by atoms with van der Waals surface area (Å²) < 4.78 is 27.8. The summed E-state index contributed by atoms with van der Waals surface area (Å²) in [7, 11) is -3.46. The molecule has 22 heavy (non-hydrogen) atoms. The van der Waals surface area contributed by atoms with E-state index < -0.39 is 10.0 Å². The van der Waals surface area contributed by atoms with Crippen LogP contribution in [-0.2, 0) is 21.9 Å². The van der Waals surface area contributed by atoms with Crippen LogP contribution in [0.3, 0.4) is 0 Å². The van der Waals surface area contributed by atoms with Gasteiger partial charge < -0.3 is 0 Å². The van der Waals surface area contributed by atoms with Gasteiger partial charge in [-0.05, 0) is 36.2 Å². The Hall–Kier alpha value is -0.880. The second kappa shape index (κ2) is 6.71. The highest BCUT2D eigenvalue weighted by atomic mass is 35.5. The maximum atomic E-state index is 12.4.